The quantitative estimate of drug-likeness (QED) is 0.846. The summed E-state index contributed by atoms with van der Waals surface area (Å²) in [6.45, 7) is 5.97. The summed E-state index contributed by atoms with van der Waals surface area (Å²) in [4.78, 5) is 4.29. The van der Waals surface area contributed by atoms with Crippen molar-refractivity contribution in [2.45, 2.75) is 26.2 Å². The van der Waals surface area contributed by atoms with E-state index in [2.05, 4.69) is 52.1 Å². The van der Waals surface area contributed by atoms with Gasteiger partial charge in [-0.15, -0.1) is 0 Å². The number of hydrogen-bond donors (Lipinski definition) is 0. The number of hydrogen-bond acceptors (Lipinski definition) is 3. The smallest absolute Gasteiger partial charge is 0.223 e. The maximum absolute atomic E-state index is 5.03. The summed E-state index contributed by atoms with van der Waals surface area (Å²) in [7, 11) is 0. The molecule has 0 aliphatic heterocycles. The van der Waals surface area contributed by atoms with Gasteiger partial charge in [0.15, 0.2) is 5.82 Å². The van der Waals surface area contributed by atoms with E-state index in [9.17, 15) is 0 Å². The van der Waals surface area contributed by atoms with Crippen LogP contribution in [0.1, 0.15) is 31.1 Å². The zero-order valence-electron chi connectivity index (χ0n) is 9.49. The number of aromatic nitrogens is 2. The second-order valence-electron chi connectivity index (χ2n) is 4.27. The average Bonchev–Trinajstić information content (AvgIpc) is 2.66. The van der Waals surface area contributed by atoms with Crippen molar-refractivity contribution >= 4 is 15.9 Å². The molecule has 1 aromatic heterocycles. The minimum atomic E-state index is -0.238. The Morgan fingerprint density at radius 2 is 1.81 bits per heavy atom. The van der Waals surface area contributed by atoms with Crippen LogP contribution in [0.2, 0.25) is 0 Å². The predicted molar refractivity (Wildman–Crippen MR) is 65.3 cm³/mol. The van der Waals surface area contributed by atoms with Gasteiger partial charge >= 0.3 is 0 Å². The molecule has 84 valence electrons. The third kappa shape index (κ3) is 2.02. The van der Waals surface area contributed by atoms with Gasteiger partial charge in [-0.1, -0.05) is 33.2 Å². The highest BCUT2D eigenvalue weighted by atomic mass is 79.9. The van der Waals surface area contributed by atoms with Crippen LogP contribution in [0.15, 0.2) is 33.3 Å². The monoisotopic (exact) mass is 280 g/mol. The van der Waals surface area contributed by atoms with Crippen LogP contribution >= 0.6 is 15.9 Å². The highest BCUT2D eigenvalue weighted by molar-refractivity contribution is 9.10. The molecule has 0 saturated carbocycles. The summed E-state index contributed by atoms with van der Waals surface area (Å²) < 4.78 is 6.09. The van der Waals surface area contributed by atoms with E-state index in [0.717, 1.165) is 10.0 Å². The fourth-order valence-corrected chi connectivity index (χ4v) is 1.81. The van der Waals surface area contributed by atoms with Gasteiger partial charge < -0.3 is 4.52 Å². The standard InChI is InChI=1S/C12H13BrN2O/c1-8-14-11(15-16-8)12(2,3)9-4-6-10(13)7-5-9/h4-7H,1-3H3. The van der Waals surface area contributed by atoms with Gasteiger partial charge in [-0.25, -0.2) is 0 Å². The molecule has 1 heterocycles. The van der Waals surface area contributed by atoms with Crippen LogP contribution in [0, 0.1) is 6.92 Å². The van der Waals surface area contributed by atoms with Crippen LogP contribution in [-0.2, 0) is 5.41 Å². The van der Waals surface area contributed by atoms with Gasteiger partial charge in [0.05, 0.1) is 5.41 Å². The molecule has 0 fully saturated rings. The first-order chi connectivity index (χ1) is 7.50. The first-order valence-electron chi connectivity index (χ1n) is 5.07. The Kier molecular flexibility index (Phi) is 2.84. The summed E-state index contributed by atoms with van der Waals surface area (Å²) in [6, 6.07) is 8.17. The Hall–Kier alpha value is -1.16. The summed E-state index contributed by atoms with van der Waals surface area (Å²) in [5.74, 6) is 1.31. The normalized spacial score (nSPS) is 11.8. The Morgan fingerprint density at radius 1 is 1.19 bits per heavy atom. The van der Waals surface area contributed by atoms with Crippen molar-refractivity contribution in [1.82, 2.24) is 10.1 Å². The van der Waals surface area contributed by atoms with E-state index >= 15 is 0 Å². The fraction of sp³-hybridized carbons (Fsp3) is 0.333. The minimum absolute atomic E-state index is 0.238. The molecular formula is C12H13BrN2O. The molecule has 0 bridgehead atoms. The zero-order chi connectivity index (χ0) is 11.8. The lowest BCUT2D eigenvalue weighted by atomic mass is 9.84. The molecule has 0 atom stereocenters. The second kappa shape index (κ2) is 4.01. The maximum Gasteiger partial charge on any atom is 0.223 e. The Morgan fingerprint density at radius 3 is 2.31 bits per heavy atom. The molecule has 0 radical (unpaired) electrons. The van der Waals surface area contributed by atoms with E-state index < -0.39 is 0 Å². The molecule has 0 saturated heterocycles. The summed E-state index contributed by atoms with van der Waals surface area (Å²) in [5, 5.41) is 3.99. The lowest BCUT2D eigenvalue weighted by molar-refractivity contribution is 0.378. The number of aryl methyl sites for hydroxylation is 1. The van der Waals surface area contributed by atoms with Gasteiger partial charge in [0.2, 0.25) is 5.89 Å². The third-order valence-electron chi connectivity index (χ3n) is 2.65. The Balaban J connectivity index is 2.42. The largest absolute Gasteiger partial charge is 0.340 e. The van der Waals surface area contributed by atoms with Crippen LogP contribution in [0.25, 0.3) is 0 Å². The summed E-state index contributed by atoms with van der Waals surface area (Å²) >= 11 is 3.42. The lowest BCUT2D eigenvalue weighted by Crippen LogP contribution is -2.20. The predicted octanol–water partition coefficient (Wildman–Crippen LogP) is 3.47. The average molecular weight is 281 g/mol. The van der Waals surface area contributed by atoms with Crippen molar-refractivity contribution in [3.05, 3.63) is 46.0 Å². The molecule has 0 unspecified atom stereocenters. The second-order valence-corrected chi connectivity index (χ2v) is 5.18. The van der Waals surface area contributed by atoms with E-state index in [0.29, 0.717) is 11.7 Å². The molecular weight excluding hydrogens is 268 g/mol. The highest BCUT2D eigenvalue weighted by Crippen LogP contribution is 2.29. The number of benzene rings is 1. The number of halogens is 1. The van der Waals surface area contributed by atoms with Gasteiger partial charge in [0.25, 0.3) is 0 Å². The Bertz CT molecular complexity index is 488. The van der Waals surface area contributed by atoms with E-state index in [-0.39, 0.29) is 5.41 Å². The van der Waals surface area contributed by atoms with Crippen molar-refractivity contribution < 1.29 is 4.52 Å². The summed E-state index contributed by atoms with van der Waals surface area (Å²) in [5.41, 5.74) is 0.926. The van der Waals surface area contributed by atoms with Crippen molar-refractivity contribution in [2.75, 3.05) is 0 Å². The van der Waals surface area contributed by atoms with Crippen LogP contribution in [0.5, 0.6) is 0 Å². The van der Waals surface area contributed by atoms with Gasteiger partial charge in [0, 0.05) is 11.4 Å². The molecule has 0 aliphatic rings. The van der Waals surface area contributed by atoms with Crippen molar-refractivity contribution in [3.63, 3.8) is 0 Å². The zero-order valence-corrected chi connectivity index (χ0v) is 11.1. The third-order valence-corrected chi connectivity index (χ3v) is 3.18. The molecule has 0 spiro atoms. The minimum Gasteiger partial charge on any atom is -0.340 e. The molecule has 0 amide bonds. The van der Waals surface area contributed by atoms with Gasteiger partial charge in [-0.2, -0.15) is 4.98 Å². The molecule has 16 heavy (non-hydrogen) atoms. The molecule has 0 N–H and O–H groups in total. The van der Waals surface area contributed by atoms with Gasteiger partial charge in [-0.3, -0.25) is 0 Å². The van der Waals surface area contributed by atoms with Crippen LogP contribution < -0.4 is 0 Å². The number of nitrogens with zero attached hydrogens (tertiary/aromatic N) is 2. The van der Waals surface area contributed by atoms with Crippen LogP contribution in [-0.4, -0.2) is 10.1 Å². The fourth-order valence-electron chi connectivity index (χ4n) is 1.55. The summed E-state index contributed by atoms with van der Waals surface area (Å²) in [6.07, 6.45) is 0. The molecule has 4 heteroatoms. The maximum atomic E-state index is 5.03. The first-order valence-corrected chi connectivity index (χ1v) is 5.86. The van der Waals surface area contributed by atoms with E-state index in [1.165, 1.54) is 0 Å². The van der Waals surface area contributed by atoms with Crippen molar-refractivity contribution in [3.8, 4) is 0 Å². The van der Waals surface area contributed by atoms with E-state index in [4.69, 9.17) is 4.52 Å². The lowest BCUT2D eigenvalue weighted by Gasteiger charge is -2.20. The topological polar surface area (TPSA) is 38.9 Å². The van der Waals surface area contributed by atoms with E-state index in [1.54, 1.807) is 6.92 Å². The van der Waals surface area contributed by atoms with Crippen LogP contribution in [0.4, 0.5) is 0 Å². The first kappa shape index (κ1) is 11.3. The van der Waals surface area contributed by atoms with Gasteiger partial charge in [-0.05, 0) is 31.5 Å². The molecule has 2 rings (SSSR count). The van der Waals surface area contributed by atoms with Gasteiger partial charge in [0.1, 0.15) is 0 Å². The SMILES string of the molecule is Cc1nc(C(C)(C)c2ccc(Br)cc2)no1. The van der Waals surface area contributed by atoms with Crippen LogP contribution in [0.3, 0.4) is 0 Å². The number of rotatable bonds is 2. The highest BCUT2D eigenvalue weighted by Gasteiger charge is 2.28. The molecule has 0 aliphatic carbocycles. The van der Waals surface area contributed by atoms with E-state index in [1.807, 2.05) is 12.1 Å². The Labute approximate surface area is 103 Å². The molecule has 1 aromatic carbocycles. The molecule has 2 aromatic rings. The van der Waals surface area contributed by atoms with Crippen molar-refractivity contribution in [1.29, 1.82) is 0 Å². The van der Waals surface area contributed by atoms with Crippen molar-refractivity contribution in [2.24, 2.45) is 0 Å². The molecule has 3 nitrogen and oxygen atoms in total.